The Morgan fingerprint density at radius 2 is 2.20 bits per heavy atom. The molecule has 0 aliphatic carbocycles. The van der Waals surface area contributed by atoms with Crippen molar-refractivity contribution >= 4 is 0 Å². The van der Waals surface area contributed by atoms with E-state index in [1.165, 1.54) is 0 Å². The Balaban J connectivity index is 1.80. The van der Waals surface area contributed by atoms with Crippen molar-refractivity contribution < 1.29 is 9.84 Å². The molecular formula is C11H22N2O2. The second-order valence-electron chi connectivity index (χ2n) is 4.86. The minimum atomic E-state index is -0.464. The van der Waals surface area contributed by atoms with Gasteiger partial charge in [0.15, 0.2) is 0 Å². The molecule has 15 heavy (non-hydrogen) atoms. The van der Waals surface area contributed by atoms with Crippen molar-refractivity contribution in [2.24, 2.45) is 0 Å². The molecule has 2 aliphatic rings. The second kappa shape index (κ2) is 4.78. The van der Waals surface area contributed by atoms with Gasteiger partial charge in [-0.1, -0.05) is 0 Å². The standard InChI is InChI=1S/C11H22N2O2/c1-15-10-2-7-13(8-10)9-11(14)3-5-12-6-4-11/h10,12,14H,2-9H2,1H3. The molecule has 4 nitrogen and oxygen atoms in total. The fourth-order valence-corrected chi connectivity index (χ4v) is 2.60. The van der Waals surface area contributed by atoms with Crippen LogP contribution < -0.4 is 5.32 Å². The molecule has 0 amide bonds. The van der Waals surface area contributed by atoms with Crippen molar-refractivity contribution in [3.05, 3.63) is 0 Å². The number of nitrogens with zero attached hydrogens (tertiary/aromatic N) is 1. The van der Waals surface area contributed by atoms with Gasteiger partial charge in [-0.2, -0.15) is 0 Å². The van der Waals surface area contributed by atoms with Crippen LogP contribution in [0.4, 0.5) is 0 Å². The van der Waals surface area contributed by atoms with Crippen molar-refractivity contribution in [1.82, 2.24) is 10.2 Å². The molecule has 0 bridgehead atoms. The van der Waals surface area contributed by atoms with Crippen LogP contribution in [0, 0.1) is 0 Å². The van der Waals surface area contributed by atoms with Crippen LogP contribution in [0.1, 0.15) is 19.3 Å². The maximum absolute atomic E-state index is 10.4. The summed E-state index contributed by atoms with van der Waals surface area (Å²) in [5, 5.41) is 13.6. The van der Waals surface area contributed by atoms with Gasteiger partial charge in [-0.15, -0.1) is 0 Å². The van der Waals surface area contributed by atoms with Crippen LogP contribution in [0.2, 0.25) is 0 Å². The molecular weight excluding hydrogens is 192 g/mol. The van der Waals surface area contributed by atoms with Gasteiger partial charge >= 0.3 is 0 Å². The van der Waals surface area contributed by atoms with E-state index in [2.05, 4.69) is 10.2 Å². The van der Waals surface area contributed by atoms with Gasteiger partial charge in [-0.05, 0) is 32.4 Å². The quantitative estimate of drug-likeness (QED) is 0.684. The third kappa shape index (κ3) is 2.91. The molecule has 0 aromatic carbocycles. The summed E-state index contributed by atoms with van der Waals surface area (Å²) in [6.45, 7) is 4.74. The lowest BCUT2D eigenvalue weighted by molar-refractivity contribution is -0.0189. The number of ether oxygens (including phenoxy) is 1. The molecule has 0 radical (unpaired) electrons. The summed E-state index contributed by atoms with van der Waals surface area (Å²) in [7, 11) is 1.77. The first-order valence-electron chi connectivity index (χ1n) is 5.90. The molecule has 88 valence electrons. The van der Waals surface area contributed by atoms with Crippen LogP contribution in [-0.2, 0) is 4.74 Å². The summed E-state index contributed by atoms with van der Waals surface area (Å²) < 4.78 is 5.33. The van der Waals surface area contributed by atoms with Crippen LogP contribution in [0.3, 0.4) is 0 Å². The van der Waals surface area contributed by atoms with Crippen molar-refractivity contribution in [1.29, 1.82) is 0 Å². The largest absolute Gasteiger partial charge is 0.388 e. The Labute approximate surface area is 91.6 Å². The molecule has 0 spiro atoms. The maximum Gasteiger partial charge on any atom is 0.0798 e. The Kier molecular flexibility index (Phi) is 3.61. The van der Waals surface area contributed by atoms with Crippen LogP contribution >= 0.6 is 0 Å². The number of rotatable bonds is 3. The number of β-amino-alcohol motifs (C(OH)–C–C–N with tert-alkyl or cyclic N) is 1. The zero-order valence-corrected chi connectivity index (χ0v) is 9.54. The fraction of sp³-hybridized carbons (Fsp3) is 1.00. The van der Waals surface area contributed by atoms with E-state index >= 15 is 0 Å². The molecule has 2 N–H and O–H groups in total. The Morgan fingerprint density at radius 1 is 1.47 bits per heavy atom. The van der Waals surface area contributed by atoms with Crippen LogP contribution in [-0.4, -0.2) is 61.5 Å². The number of hydrogen-bond donors (Lipinski definition) is 2. The van der Waals surface area contributed by atoms with E-state index in [9.17, 15) is 5.11 Å². The van der Waals surface area contributed by atoms with E-state index in [4.69, 9.17) is 4.74 Å². The third-order valence-electron chi connectivity index (χ3n) is 3.61. The number of piperidine rings is 1. The first kappa shape index (κ1) is 11.3. The van der Waals surface area contributed by atoms with Gasteiger partial charge in [0.25, 0.3) is 0 Å². The third-order valence-corrected chi connectivity index (χ3v) is 3.61. The highest BCUT2D eigenvalue weighted by Gasteiger charge is 2.33. The zero-order chi connectivity index (χ0) is 10.7. The molecule has 1 unspecified atom stereocenters. The maximum atomic E-state index is 10.4. The lowest BCUT2D eigenvalue weighted by Crippen LogP contribution is -2.49. The summed E-state index contributed by atoms with van der Waals surface area (Å²) >= 11 is 0. The number of likely N-dealkylation sites (tertiary alicyclic amines) is 1. The Morgan fingerprint density at radius 3 is 2.80 bits per heavy atom. The lowest BCUT2D eigenvalue weighted by atomic mass is 9.92. The molecule has 2 aliphatic heterocycles. The highest BCUT2D eigenvalue weighted by atomic mass is 16.5. The van der Waals surface area contributed by atoms with Crippen LogP contribution in [0.15, 0.2) is 0 Å². The molecule has 2 heterocycles. The average molecular weight is 214 g/mol. The number of hydrogen-bond acceptors (Lipinski definition) is 4. The summed E-state index contributed by atoms with van der Waals surface area (Å²) in [5.41, 5.74) is -0.464. The van der Waals surface area contributed by atoms with E-state index in [0.29, 0.717) is 6.10 Å². The van der Waals surface area contributed by atoms with E-state index in [1.807, 2.05) is 0 Å². The van der Waals surface area contributed by atoms with Crippen molar-refractivity contribution in [3.63, 3.8) is 0 Å². The topological polar surface area (TPSA) is 44.7 Å². The monoisotopic (exact) mass is 214 g/mol. The first-order valence-corrected chi connectivity index (χ1v) is 5.90. The first-order chi connectivity index (χ1) is 7.22. The summed E-state index contributed by atoms with van der Waals surface area (Å²) in [4.78, 5) is 2.33. The molecule has 2 fully saturated rings. The van der Waals surface area contributed by atoms with Crippen molar-refractivity contribution in [3.8, 4) is 0 Å². The van der Waals surface area contributed by atoms with Crippen molar-refractivity contribution in [2.45, 2.75) is 31.0 Å². The van der Waals surface area contributed by atoms with Gasteiger partial charge in [0, 0.05) is 26.7 Å². The smallest absolute Gasteiger partial charge is 0.0798 e. The second-order valence-corrected chi connectivity index (χ2v) is 4.86. The molecule has 4 heteroatoms. The van der Waals surface area contributed by atoms with Gasteiger partial charge in [0.2, 0.25) is 0 Å². The minimum absolute atomic E-state index is 0.371. The van der Waals surface area contributed by atoms with Gasteiger partial charge in [0.1, 0.15) is 0 Å². The van der Waals surface area contributed by atoms with Gasteiger partial charge in [-0.3, -0.25) is 4.90 Å². The van der Waals surface area contributed by atoms with E-state index in [-0.39, 0.29) is 0 Å². The zero-order valence-electron chi connectivity index (χ0n) is 9.54. The normalized spacial score (nSPS) is 32.0. The molecule has 2 saturated heterocycles. The minimum Gasteiger partial charge on any atom is -0.388 e. The SMILES string of the molecule is COC1CCN(CC2(O)CCNCC2)C1. The number of aliphatic hydroxyl groups is 1. The average Bonchev–Trinajstić information content (AvgIpc) is 2.66. The van der Waals surface area contributed by atoms with Crippen LogP contribution in [0.25, 0.3) is 0 Å². The Bertz CT molecular complexity index is 205. The predicted molar refractivity (Wildman–Crippen MR) is 58.9 cm³/mol. The number of methoxy groups -OCH3 is 1. The van der Waals surface area contributed by atoms with Gasteiger partial charge in [-0.25, -0.2) is 0 Å². The number of nitrogens with one attached hydrogen (secondary N) is 1. The molecule has 2 rings (SSSR count). The fourth-order valence-electron chi connectivity index (χ4n) is 2.60. The van der Waals surface area contributed by atoms with E-state index < -0.39 is 5.60 Å². The van der Waals surface area contributed by atoms with Crippen molar-refractivity contribution in [2.75, 3.05) is 39.8 Å². The highest BCUT2D eigenvalue weighted by Crippen LogP contribution is 2.22. The van der Waals surface area contributed by atoms with E-state index in [1.54, 1.807) is 7.11 Å². The predicted octanol–water partition coefficient (Wildman–Crippen LogP) is -0.178. The Hall–Kier alpha value is -0.160. The molecule has 1 atom stereocenters. The summed E-state index contributed by atoms with van der Waals surface area (Å²) in [6.07, 6.45) is 3.22. The molecule has 0 aromatic rings. The highest BCUT2D eigenvalue weighted by molar-refractivity contribution is 4.89. The van der Waals surface area contributed by atoms with Gasteiger partial charge in [0.05, 0.1) is 11.7 Å². The molecule has 0 saturated carbocycles. The van der Waals surface area contributed by atoms with E-state index in [0.717, 1.165) is 52.0 Å². The van der Waals surface area contributed by atoms with Crippen LogP contribution in [0.5, 0.6) is 0 Å². The summed E-state index contributed by atoms with van der Waals surface area (Å²) in [5.74, 6) is 0. The lowest BCUT2D eigenvalue weighted by Gasteiger charge is -2.35. The van der Waals surface area contributed by atoms with Gasteiger partial charge < -0.3 is 15.2 Å². The summed E-state index contributed by atoms with van der Waals surface area (Å²) in [6, 6.07) is 0. The molecule has 0 aromatic heterocycles.